The Labute approximate surface area is 192 Å². The minimum absolute atomic E-state index is 0.0743. The topological polar surface area (TPSA) is 45.7 Å². The summed E-state index contributed by atoms with van der Waals surface area (Å²) in [6.45, 7) is 7.52. The summed E-state index contributed by atoms with van der Waals surface area (Å²) in [5.41, 5.74) is 1.49. The normalized spacial score (nSPS) is 11.1. The van der Waals surface area contributed by atoms with Gasteiger partial charge in [-0.15, -0.1) is 0 Å². The van der Waals surface area contributed by atoms with Gasteiger partial charge in [0.1, 0.15) is 11.5 Å². The van der Waals surface area contributed by atoms with Crippen molar-refractivity contribution < 1.29 is 9.53 Å². The Morgan fingerprint density at radius 2 is 1.59 bits per heavy atom. The van der Waals surface area contributed by atoms with Crippen molar-refractivity contribution in [3.8, 4) is 11.5 Å². The van der Waals surface area contributed by atoms with Crippen molar-refractivity contribution in [2.75, 3.05) is 31.1 Å². The molecule has 0 saturated heterocycles. The van der Waals surface area contributed by atoms with Crippen LogP contribution in [0.3, 0.4) is 0 Å². The van der Waals surface area contributed by atoms with Gasteiger partial charge in [-0.1, -0.05) is 61.6 Å². The van der Waals surface area contributed by atoms with Crippen molar-refractivity contribution in [2.24, 2.45) is 0 Å². The average Bonchev–Trinajstić information content (AvgIpc) is 3.26. The number of ether oxygens (including phenoxy) is 1. The molecule has 0 N–H and O–H groups in total. The van der Waals surface area contributed by atoms with E-state index in [2.05, 4.69) is 18.7 Å². The number of hydrogen-bond donors (Lipinski definition) is 0. The highest BCUT2D eigenvalue weighted by Gasteiger charge is 2.22. The predicted molar refractivity (Wildman–Crippen MR) is 132 cm³/mol. The number of hydrogen-bond acceptors (Lipinski definition) is 5. The van der Waals surface area contributed by atoms with Gasteiger partial charge in [-0.3, -0.25) is 9.69 Å². The Morgan fingerprint density at radius 1 is 0.875 bits per heavy atom. The fourth-order valence-electron chi connectivity index (χ4n) is 3.51. The molecule has 0 radical (unpaired) electrons. The molecule has 0 spiro atoms. The summed E-state index contributed by atoms with van der Waals surface area (Å²) in [4.78, 5) is 22.5. The lowest BCUT2D eigenvalue weighted by Gasteiger charge is -2.25. The van der Waals surface area contributed by atoms with E-state index in [1.165, 1.54) is 0 Å². The molecular weight excluding hydrogens is 418 g/mol. The van der Waals surface area contributed by atoms with Crippen LogP contribution in [0, 0.1) is 0 Å². The van der Waals surface area contributed by atoms with Crippen LogP contribution >= 0.6 is 11.3 Å². The molecule has 0 unspecified atom stereocenters. The molecule has 3 aromatic carbocycles. The molecule has 0 aliphatic heterocycles. The molecule has 1 amide bonds. The highest BCUT2D eigenvalue weighted by Crippen LogP contribution is 2.30. The van der Waals surface area contributed by atoms with Crippen LogP contribution in [-0.4, -0.2) is 42.0 Å². The number of benzene rings is 3. The first-order valence-electron chi connectivity index (χ1n) is 10.9. The third-order valence-corrected chi connectivity index (χ3v) is 6.41. The van der Waals surface area contributed by atoms with Crippen LogP contribution in [-0.2, 0) is 0 Å². The van der Waals surface area contributed by atoms with Gasteiger partial charge in [-0.05, 0) is 55.6 Å². The molecule has 0 aliphatic rings. The van der Waals surface area contributed by atoms with Crippen molar-refractivity contribution >= 4 is 32.6 Å². The molecule has 164 valence electrons. The van der Waals surface area contributed by atoms with Crippen LogP contribution in [0.4, 0.5) is 5.13 Å². The lowest BCUT2D eigenvalue weighted by atomic mass is 10.2. The molecular formula is C26H27N3O2S. The summed E-state index contributed by atoms with van der Waals surface area (Å²) in [6, 6.07) is 24.9. The lowest BCUT2D eigenvalue weighted by Crippen LogP contribution is -2.38. The van der Waals surface area contributed by atoms with E-state index in [-0.39, 0.29) is 5.91 Å². The van der Waals surface area contributed by atoms with Crippen molar-refractivity contribution in [3.63, 3.8) is 0 Å². The molecule has 5 nitrogen and oxygen atoms in total. The summed E-state index contributed by atoms with van der Waals surface area (Å²) in [7, 11) is 0. The highest BCUT2D eigenvalue weighted by atomic mass is 32.1. The lowest BCUT2D eigenvalue weighted by molar-refractivity contribution is 0.0983. The standard InChI is InChI=1S/C26H27N3O2S/c1-3-28(4-2)17-18-29(26-27-23-15-8-9-16-24(23)32-26)25(30)20-11-10-14-22(19-20)31-21-12-6-5-7-13-21/h5-16,19H,3-4,17-18H2,1-2H3. The summed E-state index contributed by atoms with van der Waals surface area (Å²) in [6.07, 6.45) is 0. The van der Waals surface area contributed by atoms with Gasteiger partial charge in [-0.25, -0.2) is 4.98 Å². The predicted octanol–water partition coefficient (Wildman–Crippen LogP) is 6.08. The maximum Gasteiger partial charge on any atom is 0.260 e. The molecule has 0 bridgehead atoms. The molecule has 0 saturated carbocycles. The zero-order chi connectivity index (χ0) is 22.3. The van der Waals surface area contributed by atoms with E-state index >= 15 is 0 Å². The third-order valence-electron chi connectivity index (χ3n) is 5.35. The van der Waals surface area contributed by atoms with Crippen molar-refractivity contribution in [3.05, 3.63) is 84.4 Å². The molecule has 4 rings (SSSR count). The molecule has 0 atom stereocenters. The van der Waals surface area contributed by atoms with Crippen LogP contribution in [0.15, 0.2) is 78.9 Å². The van der Waals surface area contributed by atoms with Crippen LogP contribution in [0.5, 0.6) is 11.5 Å². The van der Waals surface area contributed by atoms with Crippen LogP contribution < -0.4 is 9.64 Å². The van der Waals surface area contributed by atoms with E-state index in [1.54, 1.807) is 22.3 Å². The van der Waals surface area contributed by atoms with Crippen molar-refractivity contribution in [2.45, 2.75) is 13.8 Å². The highest BCUT2D eigenvalue weighted by molar-refractivity contribution is 7.22. The number of fused-ring (bicyclic) bond motifs is 1. The number of likely N-dealkylation sites (N-methyl/N-ethyl adjacent to an activating group) is 1. The Kier molecular flexibility index (Phi) is 7.14. The molecule has 0 fully saturated rings. The van der Waals surface area contributed by atoms with E-state index in [0.29, 0.717) is 17.9 Å². The zero-order valence-electron chi connectivity index (χ0n) is 18.4. The summed E-state index contributed by atoms with van der Waals surface area (Å²) < 4.78 is 7.02. The van der Waals surface area contributed by atoms with Crippen LogP contribution in [0.25, 0.3) is 10.2 Å². The number of nitrogens with zero attached hydrogens (tertiary/aromatic N) is 3. The molecule has 1 aromatic heterocycles. The second-order valence-corrected chi connectivity index (χ2v) is 8.40. The Morgan fingerprint density at radius 3 is 2.34 bits per heavy atom. The number of thiazole rings is 1. The quantitative estimate of drug-likeness (QED) is 0.313. The van der Waals surface area contributed by atoms with Gasteiger partial charge < -0.3 is 9.64 Å². The smallest absolute Gasteiger partial charge is 0.260 e. The minimum Gasteiger partial charge on any atom is -0.457 e. The molecule has 32 heavy (non-hydrogen) atoms. The maximum absolute atomic E-state index is 13.6. The Balaban J connectivity index is 1.62. The van der Waals surface area contributed by atoms with Gasteiger partial charge in [0.05, 0.1) is 10.2 Å². The van der Waals surface area contributed by atoms with Gasteiger partial charge in [0.25, 0.3) is 5.91 Å². The fraction of sp³-hybridized carbons (Fsp3) is 0.231. The Bertz CT molecular complexity index is 1140. The van der Waals surface area contributed by atoms with Crippen molar-refractivity contribution in [1.29, 1.82) is 0 Å². The molecule has 6 heteroatoms. The minimum atomic E-state index is -0.0743. The number of carbonyl (C=O) groups excluding carboxylic acids is 1. The maximum atomic E-state index is 13.6. The van der Waals surface area contributed by atoms with Crippen molar-refractivity contribution in [1.82, 2.24) is 9.88 Å². The van der Waals surface area contributed by atoms with E-state index in [0.717, 1.165) is 40.7 Å². The summed E-state index contributed by atoms with van der Waals surface area (Å²) in [5, 5.41) is 0.720. The summed E-state index contributed by atoms with van der Waals surface area (Å²) in [5.74, 6) is 1.30. The largest absolute Gasteiger partial charge is 0.457 e. The van der Waals surface area contributed by atoms with E-state index in [4.69, 9.17) is 9.72 Å². The number of rotatable bonds is 9. The van der Waals surface area contributed by atoms with Gasteiger partial charge in [0.15, 0.2) is 5.13 Å². The van der Waals surface area contributed by atoms with Crippen LogP contribution in [0.2, 0.25) is 0 Å². The zero-order valence-corrected chi connectivity index (χ0v) is 19.2. The first kappa shape index (κ1) is 22.0. The number of anilines is 1. The van der Waals surface area contributed by atoms with Gasteiger partial charge >= 0.3 is 0 Å². The van der Waals surface area contributed by atoms with E-state index in [9.17, 15) is 4.79 Å². The number of amides is 1. The summed E-state index contributed by atoms with van der Waals surface area (Å²) >= 11 is 1.55. The van der Waals surface area contributed by atoms with Gasteiger partial charge in [0.2, 0.25) is 0 Å². The van der Waals surface area contributed by atoms with Gasteiger partial charge in [0, 0.05) is 18.7 Å². The number of aromatic nitrogens is 1. The second kappa shape index (κ2) is 10.4. The number of carbonyl (C=O) groups is 1. The van der Waals surface area contributed by atoms with Gasteiger partial charge in [-0.2, -0.15) is 0 Å². The van der Waals surface area contributed by atoms with E-state index < -0.39 is 0 Å². The number of para-hydroxylation sites is 2. The molecule has 0 aliphatic carbocycles. The second-order valence-electron chi connectivity index (χ2n) is 7.39. The fourth-order valence-corrected chi connectivity index (χ4v) is 4.50. The third kappa shape index (κ3) is 5.15. The first-order chi connectivity index (χ1) is 15.7. The first-order valence-corrected chi connectivity index (χ1v) is 11.7. The van der Waals surface area contributed by atoms with Crippen LogP contribution in [0.1, 0.15) is 24.2 Å². The average molecular weight is 446 g/mol. The SMILES string of the molecule is CCN(CC)CCN(C(=O)c1cccc(Oc2ccccc2)c1)c1nc2ccccc2s1. The Hall–Kier alpha value is -3.22. The molecule has 1 heterocycles. The molecule has 4 aromatic rings. The monoisotopic (exact) mass is 445 g/mol. The van der Waals surface area contributed by atoms with E-state index in [1.807, 2.05) is 72.8 Å².